The number of benzene rings is 5. The molecule has 4 bridgehead atoms. The Morgan fingerprint density at radius 1 is 0.552 bits per heavy atom. The van der Waals surface area contributed by atoms with Gasteiger partial charge in [-0.2, -0.15) is 0 Å². The molecular weight excluding hydrogens is 707 g/mol. The number of allylic oxidation sites excluding steroid dienone is 8. The van der Waals surface area contributed by atoms with E-state index in [1.165, 1.54) is 83.0 Å². The van der Waals surface area contributed by atoms with Crippen molar-refractivity contribution >= 4 is 5.57 Å². The van der Waals surface area contributed by atoms with E-state index in [-0.39, 0.29) is 5.41 Å². The van der Waals surface area contributed by atoms with Crippen LogP contribution in [0.5, 0.6) is 11.5 Å². The molecule has 14 rings (SSSR count). The van der Waals surface area contributed by atoms with Gasteiger partial charge in [0.1, 0.15) is 17.3 Å². The van der Waals surface area contributed by atoms with Gasteiger partial charge in [-0.15, -0.1) is 0 Å². The van der Waals surface area contributed by atoms with E-state index in [0.29, 0.717) is 5.92 Å². The zero-order valence-electron chi connectivity index (χ0n) is 32.4. The summed E-state index contributed by atoms with van der Waals surface area (Å²) < 4.78 is 6.64. The maximum Gasteiger partial charge on any atom is 0.164 e. The Kier molecular flexibility index (Phi) is 6.92. The maximum absolute atomic E-state index is 6.64. The summed E-state index contributed by atoms with van der Waals surface area (Å²) in [7, 11) is 0. The van der Waals surface area contributed by atoms with Crippen LogP contribution in [0.3, 0.4) is 0 Å². The lowest BCUT2D eigenvalue weighted by Crippen LogP contribution is -2.49. The van der Waals surface area contributed by atoms with Crippen LogP contribution in [0.4, 0.5) is 0 Å². The van der Waals surface area contributed by atoms with Crippen LogP contribution in [0.2, 0.25) is 0 Å². The fourth-order valence-corrected chi connectivity index (χ4v) is 12.9. The smallest absolute Gasteiger partial charge is 0.164 e. The predicted octanol–water partition coefficient (Wildman–Crippen LogP) is 12.6. The van der Waals surface area contributed by atoms with Gasteiger partial charge < -0.3 is 4.74 Å². The molecule has 1 atom stereocenters. The molecule has 1 aromatic heterocycles. The minimum Gasteiger partial charge on any atom is -0.457 e. The first-order valence-electron chi connectivity index (χ1n) is 21.4. The van der Waals surface area contributed by atoms with Gasteiger partial charge in [0.2, 0.25) is 0 Å². The first-order chi connectivity index (χ1) is 28.6. The lowest BCUT2D eigenvalue weighted by atomic mass is 9.49. The average Bonchev–Trinajstić information content (AvgIpc) is 3.56. The van der Waals surface area contributed by atoms with Gasteiger partial charge in [0.15, 0.2) is 11.6 Å². The fraction of sp³-hybridized carbons (Fsp3) is 0.241. The van der Waals surface area contributed by atoms with Gasteiger partial charge in [0.25, 0.3) is 0 Å². The number of para-hydroxylation sites is 2. The van der Waals surface area contributed by atoms with E-state index in [4.69, 9.17) is 19.7 Å². The molecule has 1 spiro atoms. The van der Waals surface area contributed by atoms with Crippen molar-refractivity contribution in [3.05, 3.63) is 191 Å². The number of rotatable bonds is 4. The van der Waals surface area contributed by atoms with E-state index in [2.05, 4.69) is 152 Å². The number of hydrogen-bond donors (Lipinski definition) is 0. The molecule has 0 saturated heterocycles. The van der Waals surface area contributed by atoms with Gasteiger partial charge in [0.05, 0.1) is 5.41 Å². The van der Waals surface area contributed by atoms with Crippen molar-refractivity contribution in [1.29, 1.82) is 0 Å². The van der Waals surface area contributed by atoms with E-state index in [1.807, 2.05) is 0 Å². The monoisotopic (exact) mass is 749 g/mol. The van der Waals surface area contributed by atoms with Crippen molar-refractivity contribution in [3.8, 4) is 45.1 Å². The molecule has 7 aliphatic carbocycles. The van der Waals surface area contributed by atoms with Crippen molar-refractivity contribution in [1.82, 2.24) is 15.0 Å². The zero-order chi connectivity index (χ0) is 38.0. The third-order valence-corrected chi connectivity index (χ3v) is 14.8. The molecule has 1 unspecified atom stereocenters. The topological polar surface area (TPSA) is 47.9 Å². The molecule has 1 aliphatic heterocycles. The summed E-state index contributed by atoms with van der Waals surface area (Å²) in [6, 6.07) is 42.0. The summed E-state index contributed by atoms with van der Waals surface area (Å²) in [6.45, 7) is 0. The van der Waals surface area contributed by atoms with Crippen LogP contribution in [0.25, 0.3) is 39.2 Å². The Morgan fingerprint density at radius 2 is 1.16 bits per heavy atom. The Labute approximate surface area is 339 Å². The van der Waals surface area contributed by atoms with Crippen LogP contribution in [0, 0.1) is 23.7 Å². The summed E-state index contributed by atoms with van der Waals surface area (Å²) in [4.78, 5) is 16.6. The van der Waals surface area contributed by atoms with E-state index < -0.39 is 5.41 Å². The summed E-state index contributed by atoms with van der Waals surface area (Å²) in [5.41, 5.74) is 12.7. The SMILES string of the molecule is C1=CCC2C=CC(c3nc(-c4ccccc4-c4cccc5c4-c4ccccc4C54c5ccccc5Oc5ccccc54)nc(C45CC6C[C@H](C4)C[C@H](C6)C5)n3)=CC2=C1. The first-order valence-corrected chi connectivity index (χ1v) is 21.4. The Morgan fingerprint density at radius 3 is 1.90 bits per heavy atom. The predicted molar refractivity (Wildman–Crippen MR) is 230 cm³/mol. The maximum atomic E-state index is 6.64. The lowest BCUT2D eigenvalue weighted by Gasteiger charge is -2.56. The third-order valence-electron chi connectivity index (χ3n) is 14.8. The standard InChI is InChI=1S/C54H43N3O/c1-2-13-37-29-38(25-24-36(37)12-1)50-55-51(57-52(56-50)53-30-33-26-34(31-53)28-35(27-33)32-53)41-15-4-3-14-39(41)40-17-11-21-46-49(40)42-16-5-6-18-43(42)54(46)44-19-7-9-22-47(44)58-48-23-10-8-20-45(48)54/h1-11,13-25,29,33-36H,12,26-28,30-32H2/t33-,34-,35?,36?,53?/m1/s1. The van der Waals surface area contributed by atoms with Crippen LogP contribution in [-0.2, 0) is 10.8 Å². The van der Waals surface area contributed by atoms with E-state index in [0.717, 1.165) is 69.8 Å². The summed E-state index contributed by atoms with van der Waals surface area (Å²) >= 11 is 0. The van der Waals surface area contributed by atoms with E-state index in [1.54, 1.807) is 0 Å². The van der Waals surface area contributed by atoms with Crippen LogP contribution >= 0.6 is 0 Å². The number of hydrogen-bond acceptors (Lipinski definition) is 4. The van der Waals surface area contributed by atoms with Crippen molar-refractivity contribution in [3.63, 3.8) is 0 Å². The molecule has 4 fully saturated rings. The van der Waals surface area contributed by atoms with Gasteiger partial charge in [-0.3, -0.25) is 0 Å². The molecular formula is C54H43N3O. The lowest BCUT2D eigenvalue weighted by molar-refractivity contribution is -0.00947. The van der Waals surface area contributed by atoms with Gasteiger partial charge in [-0.1, -0.05) is 134 Å². The van der Waals surface area contributed by atoms with Crippen LogP contribution in [0.15, 0.2) is 157 Å². The second-order valence-corrected chi connectivity index (χ2v) is 18.1. The quantitative estimate of drug-likeness (QED) is 0.180. The minimum absolute atomic E-state index is 0.0214. The average molecular weight is 750 g/mol. The summed E-state index contributed by atoms with van der Waals surface area (Å²) in [5, 5.41) is 0. The number of ether oxygens (including phenoxy) is 1. The third kappa shape index (κ3) is 4.60. The Balaban J connectivity index is 1.04. The molecule has 0 amide bonds. The molecule has 4 nitrogen and oxygen atoms in total. The molecule has 280 valence electrons. The molecule has 58 heavy (non-hydrogen) atoms. The first kappa shape index (κ1) is 32.9. The number of nitrogens with zero attached hydrogens (tertiary/aromatic N) is 3. The van der Waals surface area contributed by atoms with Crippen molar-refractivity contribution in [2.24, 2.45) is 23.7 Å². The zero-order valence-corrected chi connectivity index (χ0v) is 32.4. The van der Waals surface area contributed by atoms with Crippen molar-refractivity contribution < 1.29 is 4.74 Å². The normalized spacial score (nSPS) is 25.9. The Bertz CT molecular complexity index is 2780. The van der Waals surface area contributed by atoms with Gasteiger partial charge >= 0.3 is 0 Å². The largest absolute Gasteiger partial charge is 0.457 e. The highest BCUT2D eigenvalue weighted by Crippen LogP contribution is 2.64. The summed E-state index contributed by atoms with van der Waals surface area (Å²) in [6.07, 6.45) is 22.4. The highest BCUT2D eigenvalue weighted by atomic mass is 16.5. The number of aromatic nitrogens is 3. The molecule has 0 N–H and O–H groups in total. The molecule has 4 heteroatoms. The highest BCUT2D eigenvalue weighted by Gasteiger charge is 2.54. The highest BCUT2D eigenvalue weighted by molar-refractivity contribution is 5.99. The van der Waals surface area contributed by atoms with Gasteiger partial charge in [-0.05, 0) is 120 Å². The van der Waals surface area contributed by atoms with Crippen molar-refractivity contribution in [2.45, 2.75) is 55.8 Å². The van der Waals surface area contributed by atoms with Crippen LogP contribution in [0.1, 0.15) is 78.8 Å². The molecule has 5 aromatic carbocycles. The minimum atomic E-state index is -0.533. The van der Waals surface area contributed by atoms with Crippen LogP contribution < -0.4 is 4.74 Å². The number of fused-ring (bicyclic) bond motifs is 10. The molecule has 6 aromatic rings. The molecule has 0 radical (unpaired) electrons. The molecule has 2 heterocycles. The molecule has 4 saturated carbocycles. The van der Waals surface area contributed by atoms with Gasteiger partial charge in [-0.25, -0.2) is 15.0 Å². The Hall–Kier alpha value is -6.13. The van der Waals surface area contributed by atoms with Crippen molar-refractivity contribution in [2.75, 3.05) is 0 Å². The van der Waals surface area contributed by atoms with Crippen LogP contribution in [-0.4, -0.2) is 15.0 Å². The summed E-state index contributed by atoms with van der Waals surface area (Å²) in [5.74, 6) is 7.19. The van der Waals surface area contributed by atoms with Gasteiger partial charge in [0, 0.05) is 33.6 Å². The van der Waals surface area contributed by atoms with E-state index >= 15 is 0 Å². The second kappa shape index (κ2) is 12.2. The fourth-order valence-electron chi connectivity index (χ4n) is 12.9. The second-order valence-electron chi connectivity index (χ2n) is 18.1. The molecule has 8 aliphatic rings. The van der Waals surface area contributed by atoms with E-state index in [9.17, 15) is 0 Å².